The lowest BCUT2D eigenvalue weighted by Crippen LogP contribution is -2.49. The van der Waals surface area contributed by atoms with Gasteiger partial charge in [-0.05, 0) is 53.0 Å². The van der Waals surface area contributed by atoms with Gasteiger partial charge in [0.2, 0.25) is 5.91 Å². The molecule has 0 aromatic heterocycles. The van der Waals surface area contributed by atoms with Crippen LogP contribution in [0.2, 0.25) is 0 Å². The zero-order chi connectivity index (χ0) is 15.2. The highest BCUT2D eigenvalue weighted by molar-refractivity contribution is 5.85. The largest absolute Gasteiger partial charge is 0.444 e. The molecule has 0 saturated carbocycles. The fourth-order valence-corrected chi connectivity index (χ4v) is 2.19. The van der Waals surface area contributed by atoms with Gasteiger partial charge in [-0.3, -0.25) is 4.79 Å². The van der Waals surface area contributed by atoms with E-state index in [2.05, 4.69) is 5.32 Å². The molecule has 1 rings (SSSR count). The number of carbonyl (C=O) groups excluding carboxylic acids is 2. The maximum atomic E-state index is 12.4. The number of hydrogen-bond donors (Lipinski definition) is 2. The predicted octanol–water partition coefficient (Wildman–Crippen LogP) is 1.24. The molecule has 0 aliphatic carbocycles. The smallest absolute Gasteiger partial charge is 0.408 e. The van der Waals surface area contributed by atoms with E-state index in [1.54, 1.807) is 25.7 Å². The maximum absolute atomic E-state index is 12.4. The third kappa shape index (κ3) is 5.77. The summed E-state index contributed by atoms with van der Waals surface area (Å²) in [6, 6.07) is -0.536. The number of nitrogens with one attached hydrogen (secondary N) is 1. The molecule has 1 atom stereocenters. The van der Waals surface area contributed by atoms with Crippen LogP contribution in [-0.2, 0) is 9.53 Å². The minimum absolute atomic E-state index is 0.0261. The molecule has 1 saturated heterocycles. The SMILES string of the molecule is CC(C)(C)OC(=O)NC(CCCN)C(=O)N1CCCC1. The quantitative estimate of drug-likeness (QED) is 0.796. The topological polar surface area (TPSA) is 84.7 Å². The van der Waals surface area contributed by atoms with Gasteiger partial charge in [-0.15, -0.1) is 0 Å². The molecule has 2 amide bonds. The molecule has 1 aliphatic heterocycles. The number of amides is 2. The molecule has 116 valence electrons. The van der Waals surface area contributed by atoms with E-state index in [4.69, 9.17) is 10.5 Å². The summed E-state index contributed by atoms with van der Waals surface area (Å²) >= 11 is 0. The first-order valence-electron chi connectivity index (χ1n) is 7.32. The van der Waals surface area contributed by atoms with Crippen LogP contribution in [-0.4, -0.2) is 48.2 Å². The minimum atomic E-state index is -0.570. The van der Waals surface area contributed by atoms with E-state index in [1.807, 2.05) is 0 Å². The van der Waals surface area contributed by atoms with Gasteiger partial charge in [0.05, 0.1) is 0 Å². The van der Waals surface area contributed by atoms with Crippen LogP contribution in [0.1, 0.15) is 46.5 Å². The van der Waals surface area contributed by atoms with E-state index in [1.165, 1.54) is 0 Å². The van der Waals surface area contributed by atoms with Gasteiger partial charge < -0.3 is 20.7 Å². The first kappa shape index (κ1) is 16.8. The number of likely N-dealkylation sites (tertiary alicyclic amines) is 1. The minimum Gasteiger partial charge on any atom is -0.444 e. The first-order valence-corrected chi connectivity index (χ1v) is 7.32. The summed E-state index contributed by atoms with van der Waals surface area (Å²) < 4.78 is 5.21. The van der Waals surface area contributed by atoms with Crippen LogP contribution in [0, 0.1) is 0 Å². The highest BCUT2D eigenvalue weighted by Crippen LogP contribution is 2.12. The highest BCUT2D eigenvalue weighted by Gasteiger charge is 2.28. The van der Waals surface area contributed by atoms with Crippen LogP contribution in [0.25, 0.3) is 0 Å². The zero-order valence-electron chi connectivity index (χ0n) is 12.8. The second-order valence-corrected chi connectivity index (χ2v) is 6.16. The van der Waals surface area contributed by atoms with E-state index >= 15 is 0 Å². The van der Waals surface area contributed by atoms with Crippen molar-refractivity contribution in [3.8, 4) is 0 Å². The van der Waals surface area contributed by atoms with E-state index in [9.17, 15) is 9.59 Å². The Labute approximate surface area is 121 Å². The third-order valence-corrected chi connectivity index (χ3v) is 3.10. The number of hydrogen-bond acceptors (Lipinski definition) is 4. The van der Waals surface area contributed by atoms with E-state index in [-0.39, 0.29) is 5.91 Å². The van der Waals surface area contributed by atoms with Crippen molar-refractivity contribution in [2.75, 3.05) is 19.6 Å². The summed E-state index contributed by atoms with van der Waals surface area (Å²) in [6.45, 7) is 7.43. The van der Waals surface area contributed by atoms with Crippen molar-refractivity contribution in [2.45, 2.75) is 58.1 Å². The summed E-state index contributed by atoms with van der Waals surface area (Å²) in [5.74, 6) is -0.0261. The average molecular weight is 285 g/mol. The lowest BCUT2D eigenvalue weighted by Gasteiger charge is -2.26. The Bertz CT molecular complexity index is 333. The molecule has 20 heavy (non-hydrogen) atoms. The Morgan fingerprint density at radius 3 is 2.40 bits per heavy atom. The second kappa shape index (κ2) is 7.47. The molecule has 6 heteroatoms. The van der Waals surface area contributed by atoms with Gasteiger partial charge in [0.25, 0.3) is 0 Å². The number of rotatable bonds is 5. The van der Waals surface area contributed by atoms with Crippen LogP contribution >= 0.6 is 0 Å². The molecule has 0 spiro atoms. The number of nitrogens with zero attached hydrogens (tertiary/aromatic N) is 1. The molecule has 0 bridgehead atoms. The molecule has 0 radical (unpaired) electrons. The van der Waals surface area contributed by atoms with Crippen molar-refractivity contribution in [3.63, 3.8) is 0 Å². The van der Waals surface area contributed by atoms with Crippen LogP contribution in [0.4, 0.5) is 4.79 Å². The van der Waals surface area contributed by atoms with Gasteiger partial charge in [-0.2, -0.15) is 0 Å². The fraction of sp³-hybridized carbons (Fsp3) is 0.857. The summed E-state index contributed by atoms with van der Waals surface area (Å²) in [4.78, 5) is 26.0. The van der Waals surface area contributed by atoms with Crippen LogP contribution in [0.5, 0.6) is 0 Å². The van der Waals surface area contributed by atoms with E-state index in [0.717, 1.165) is 25.9 Å². The molecule has 1 heterocycles. The summed E-state index contributed by atoms with van der Waals surface area (Å²) in [5.41, 5.74) is 4.92. The third-order valence-electron chi connectivity index (χ3n) is 3.10. The Kier molecular flexibility index (Phi) is 6.26. The van der Waals surface area contributed by atoms with Gasteiger partial charge in [-0.1, -0.05) is 0 Å². The Morgan fingerprint density at radius 2 is 1.90 bits per heavy atom. The summed E-state index contributed by atoms with van der Waals surface area (Å²) in [6.07, 6.45) is 2.75. The van der Waals surface area contributed by atoms with Gasteiger partial charge in [0.1, 0.15) is 11.6 Å². The lowest BCUT2D eigenvalue weighted by molar-refractivity contribution is -0.132. The van der Waals surface area contributed by atoms with Crippen LogP contribution in [0.15, 0.2) is 0 Å². The van der Waals surface area contributed by atoms with Gasteiger partial charge in [-0.25, -0.2) is 4.79 Å². The van der Waals surface area contributed by atoms with Gasteiger partial charge in [0.15, 0.2) is 0 Å². The predicted molar refractivity (Wildman–Crippen MR) is 77.3 cm³/mol. The molecule has 3 N–H and O–H groups in total. The maximum Gasteiger partial charge on any atom is 0.408 e. The molecule has 1 unspecified atom stereocenters. The number of alkyl carbamates (subject to hydrolysis) is 1. The monoisotopic (exact) mass is 285 g/mol. The van der Waals surface area contributed by atoms with E-state index < -0.39 is 17.7 Å². The van der Waals surface area contributed by atoms with Crippen molar-refractivity contribution >= 4 is 12.0 Å². The van der Waals surface area contributed by atoms with Crippen LogP contribution in [0.3, 0.4) is 0 Å². The summed E-state index contributed by atoms with van der Waals surface area (Å²) in [5, 5.41) is 2.68. The van der Waals surface area contributed by atoms with Gasteiger partial charge in [0, 0.05) is 13.1 Å². The molecular weight excluding hydrogens is 258 g/mol. The van der Waals surface area contributed by atoms with Crippen LogP contribution < -0.4 is 11.1 Å². The summed E-state index contributed by atoms with van der Waals surface area (Å²) in [7, 11) is 0. The average Bonchev–Trinajstić information content (AvgIpc) is 2.84. The normalized spacial score (nSPS) is 16.9. The van der Waals surface area contributed by atoms with Crippen molar-refractivity contribution in [1.29, 1.82) is 0 Å². The van der Waals surface area contributed by atoms with E-state index in [0.29, 0.717) is 19.4 Å². The highest BCUT2D eigenvalue weighted by atomic mass is 16.6. The molecule has 1 aliphatic rings. The number of ether oxygens (including phenoxy) is 1. The molecule has 0 aromatic carbocycles. The molecule has 6 nitrogen and oxygen atoms in total. The van der Waals surface area contributed by atoms with Crippen molar-refractivity contribution in [3.05, 3.63) is 0 Å². The molecular formula is C14H27N3O3. The Hall–Kier alpha value is -1.30. The van der Waals surface area contributed by atoms with Crippen molar-refractivity contribution < 1.29 is 14.3 Å². The standard InChI is InChI=1S/C14H27N3O3/c1-14(2,3)20-13(19)16-11(7-6-8-15)12(18)17-9-4-5-10-17/h11H,4-10,15H2,1-3H3,(H,16,19). The lowest BCUT2D eigenvalue weighted by atomic mass is 10.1. The Balaban J connectivity index is 2.58. The van der Waals surface area contributed by atoms with Crippen molar-refractivity contribution in [1.82, 2.24) is 10.2 Å². The molecule has 0 aromatic rings. The second-order valence-electron chi connectivity index (χ2n) is 6.16. The fourth-order valence-electron chi connectivity index (χ4n) is 2.19. The van der Waals surface area contributed by atoms with Gasteiger partial charge >= 0.3 is 6.09 Å². The first-order chi connectivity index (χ1) is 9.33. The molecule has 1 fully saturated rings. The Morgan fingerprint density at radius 1 is 1.30 bits per heavy atom. The zero-order valence-corrected chi connectivity index (χ0v) is 12.8. The number of carbonyl (C=O) groups is 2. The number of nitrogens with two attached hydrogens (primary N) is 1. The van der Waals surface area contributed by atoms with Crippen molar-refractivity contribution in [2.24, 2.45) is 5.73 Å².